The molecule has 2 aromatic rings. The van der Waals surface area contributed by atoms with Crippen molar-refractivity contribution in [2.75, 3.05) is 26.4 Å². The second-order valence-corrected chi connectivity index (χ2v) is 20.3. The van der Waals surface area contributed by atoms with E-state index in [-0.39, 0.29) is 24.4 Å². The molecule has 0 N–H and O–H groups in total. The van der Waals surface area contributed by atoms with Gasteiger partial charge in [-0.2, -0.15) is 17.6 Å². The SMILES string of the molecule is CCC1CCC(C2COC(C3CCC(c4ccc(C)cc4)CC3)OC2)CC1.CCCC1CCC(C2COC(C3CCC(c4cc(F)c(OC(F)(F)C(F)F)c(F)c4)CC3)OC2)CC1. The molecule has 6 aliphatic rings. The highest BCUT2D eigenvalue weighted by Crippen LogP contribution is 2.44. The lowest BCUT2D eigenvalue weighted by Gasteiger charge is -2.41. The fourth-order valence-corrected chi connectivity index (χ4v) is 12.0. The molecule has 6 fully saturated rings. The average molecular weight is 893 g/mol. The molecule has 0 unspecified atom stereocenters. The maximum Gasteiger partial charge on any atom is 0.461 e. The maximum atomic E-state index is 14.3. The quantitative estimate of drug-likeness (QED) is 0.199. The predicted octanol–water partition coefficient (Wildman–Crippen LogP) is 14.5. The summed E-state index contributed by atoms with van der Waals surface area (Å²) < 4.78 is 108. The third-order valence-electron chi connectivity index (χ3n) is 16.1. The van der Waals surface area contributed by atoms with Crippen LogP contribution in [0.4, 0.5) is 26.3 Å². The zero-order chi connectivity index (χ0) is 44.5. The minimum absolute atomic E-state index is 0.0622. The average Bonchev–Trinajstić information content (AvgIpc) is 3.31. The van der Waals surface area contributed by atoms with Gasteiger partial charge in [0, 0.05) is 23.7 Å². The molecule has 2 aliphatic heterocycles. The summed E-state index contributed by atoms with van der Waals surface area (Å²) in [6.45, 7) is 10.0. The van der Waals surface area contributed by atoms with E-state index in [1.54, 1.807) is 0 Å². The summed E-state index contributed by atoms with van der Waals surface area (Å²) in [6, 6.07) is 11.0. The molecule has 2 aromatic carbocycles. The van der Waals surface area contributed by atoms with Gasteiger partial charge in [-0.3, -0.25) is 0 Å². The number of rotatable bonds is 12. The van der Waals surface area contributed by atoms with Crippen molar-refractivity contribution in [3.05, 3.63) is 64.7 Å². The van der Waals surface area contributed by atoms with Crippen molar-refractivity contribution < 1.29 is 50.0 Å². The van der Waals surface area contributed by atoms with E-state index in [1.165, 1.54) is 107 Å². The predicted molar refractivity (Wildman–Crippen MR) is 233 cm³/mol. The first kappa shape index (κ1) is 48.6. The number of ether oxygens (including phenoxy) is 5. The largest absolute Gasteiger partial charge is 0.461 e. The molecule has 2 heterocycles. The lowest BCUT2D eigenvalue weighted by Crippen LogP contribution is -2.41. The van der Waals surface area contributed by atoms with E-state index < -0.39 is 29.9 Å². The van der Waals surface area contributed by atoms with Crippen LogP contribution in [0.2, 0.25) is 0 Å². The van der Waals surface area contributed by atoms with Crippen LogP contribution in [0.25, 0.3) is 0 Å². The van der Waals surface area contributed by atoms with Gasteiger partial charge in [-0.1, -0.05) is 88.6 Å². The molecule has 354 valence electrons. The first-order valence-corrected chi connectivity index (χ1v) is 24.8. The van der Waals surface area contributed by atoms with E-state index in [4.69, 9.17) is 18.9 Å². The van der Waals surface area contributed by atoms with Crippen LogP contribution < -0.4 is 4.74 Å². The Balaban J connectivity index is 0.000000196. The molecule has 11 heteroatoms. The topological polar surface area (TPSA) is 46.2 Å². The van der Waals surface area contributed by atoms with Crippen LogP contribution in [0.5, 0.6) is 5.75 Å². The van der Waals surface area contributed by atoms with E-state index in [1.807, 2.05) is 0 Å². The summed E-state index contributed by atoms with van der Waals surface area (Å²) in [5.74, 6) is 1.43. The smallest absolute Gasteiger partial charge is 0.422 e. The highest BCUT2D eigenvalue weighted by atomic mass is 19.3. The second kappa shape index (κ2) is 22.9. The first-order chi connectivity index (χ1) is 30.4. The molecule has 0 radical (unpaired) electrons. The highest BCUT2D eigenvalue weighted by molar-refractivity contribution is 5.34. The van der Waals surface area contributed by atoms with Crippen LogP contribution in [-0.4, -0.2) is 51.5 Å². The van der Waals surface area contributed by atoms with Gasteiger partial charge < -0.3 is 23.7 Å². The highest BCUT2D eigenvalue weighted by Gasteiger charge is 2.46. The third kappa shape index (κ3) is 13.0. The fraction of sp³-hybridized carbons (Fsp3) is 0.769. The molecule has 0 spiro atoms. The van der Waals surface area contributed by atoms with Gasteiger partial charge in [0.2, 0.25) is 0 Å². The summed E-state index contributed by atoms with van der Waals surface area (Å²) >= 11 is 0. The van der Waals surface area contributed by atoms with Crippen molar-refractivity contribution in [1.29, 1.82) is 0 Å². The summed E-state index contributed by atoms with van der Waals surface area (Å²) in [5, 5.41) is 0. The molecule has 4 saturated carbocycles. The van der Waals surface area contributed by atoms with Crippen LogP contribution in [-0.2, 0) is 18.9 Å². The first-order valence-electron chi connectivity index (χ1n) is 24.8. The van der Waals surface area contributed by atoms with Gasteiger partial charge in [0.1, 0.15) is 0 Å². The Bertz CT molecular complexity index is 1620. The molecule has 4 aliphatic carbocycles. The zero-order valence-electron chi connectivity index (χ0n) is 38.0. The van der Waals surface area contributed by atoms with Gasteiger partial charge in [0.15, 0.2) is 30.0 Å². The minimum Gasteiger partial charge on any atom is -0.422 e. The number of halogens is 6. The van der Waals surface area contributed by atoms with Crippen LogP contribution >= 0.6 is 0 Å². The molecular formula is C52H74F6O5. The Morgan fingerprint density at radius 3 is 1.38 bits per heavy atom. The lowest BCUT2D eigenvalue weighted by molar-refractivity contribution is -0.255. The summed E-state index contributed by atoms with van der Waals surface area (Å²) in [4.78, 5) is 0. The number of aryl methyl sites for hydroxylation is 1. The van der Waals surface area contributed by atoms with Gasteiger partial charge >= 0.3 is 12.5 Å². The molecule has 2 saturated heterocycles. The van der Waals surface area contributed by atoms with E-state index in [2.05, 4.69) is 49.8 Å². The number of alkyl halides is 4. The van der Waals surface area contributed by atoms with Crippen molar-refractivity contribution in [2.45, 2.75) is 180 Å². The molecule has 0 bridgehead atoms. The molecular weight excluding hydrogens is 819 g/mol. The van der Waals surface area contributed by atoms with Gasteiger partial charge in [-0.05, 0) is 143 Å². The molecule has 0 amide bonds. The van der Waals surface area contributed by atoms with Crippen LogP contribution in [0.1, 0.15) is 164 Å². The monoisotopic (exact) mass is 893 g/mol. The van der Waals surface area contributed by atoms with Crippen LogP contribution in [0.3, 0.4) is 0 Å². The maximum absolute atomic E-state index is 14.3. The number of hydrogen-bond donors (Lipinski definition) is 0. The summed E-state index contributed by atoms with van der Waals surface area (Å²) in [7, 11) is 0. The zero-order valence-corrected chi connectivity index (χ0v) is 38.0. The van der Waals surface area contributed by atoms with E-state index in [0.717, 1.165) is 61.9 Å². The second-order valence-electron chi connectivity index (χ2n) is 20.3. The van der Waals surface area contributed by atoms with Crippen molar-refractivity contribution in [2.24, 2.45) is 47.3 Å². The summed E-state index contributed by atoms with van der Waals surface area (Å²) in [5.41, 5.74) is 3.18. The van der Waals surface area contributed by atoms with Crippen LogP contribution in [0, 0.1) is 65.9 Å². The normalized spacial score (nSPS) is 34.5. The molecule has 8 rings (SSSR count). The van der Waals surface area contributed by atoms with Gasteiger partial charge in [0.05, 0.1) is 26.4 Å². The standard InChI is InChI=1S/C27H36F6O3.C25H38O2/c1-2-3-16-4-6-18(7-5-16)21-14-34-25(35-15-21)19-10-8-17(9-11-19)20-12-22(28)24(23(29)13-20)36-27(32,33)26(30)31;1-3-19-6-10-22(11-7-19)24-16-26-25(27-17-24)23-14-12-21(13-15-23)20-8-4-18(2)5-9-20/h12-13,16-19,21,25-26H,2-11,14-15H2,1H3;4-5,8-9,19,21-25H,3,6-7,10-17H2,1-2H3. The van der Waals surface area contributed by atoms with Gasteiger partial charge in [-0.15, -0.1) is 0 Å². The molecule has 5 nitrogen and oxygen atoms in total. The Morgan fingerprint density at radius 1 is 0.556 bits per heavy atom. The Labute approximate surface area is 373 Å². The fourth-order valence-electron chi connectivity index (χ4n) is 12.0. The lowest BCUT2D eigenvalue weighted by atomic mass is 9.74. The molecule has 0 aromatic heterocycles. The number of benzene rings is 2. The van der Waals surface area contributed by atoms with E-state index in [9.17, 15) is 26.3 Å². The van der Waals surface area contributed by atoms with Gasteiger partial charge in [0.25, 0.3) is 0 Å². The van der Waals surface area contributed by atoms with Crippen LogP contribution in [0.15, 0.2) is 36.4 Å². The van der Waals surface area contributed by atoms with Gasteiger partial charge in [-0.25, -0.2) is 8.78 Å². The Kier molecular flexibility index (Phi) is 17.7. The summed E-state index contributed by atoms with van der Waals surface area (Å²) in [6.07, 6.45) is 13.0. The third-order valence-corrected chi connectivity index (χ3v) is 16.1. The molecule has 63 heavy (non-hydrogen) atoms. The van der Waals surface area contributed by atoms with Crippen molar-refractivity contribution in [3.8, 4) is 5.75 Å². The Hall–Kier alpha value is -2.34. The van der Waals surface area contributed by atoms with Crippen molar-refractivity contribution in [3.63, 3.8) is 0 Å². The van der Waals surface area contributed by atoms with E-state index in [0.29, 0.717) is 55.3 Å². The van der Waals surface area contributed by atoms with Crippen molar-refractivity contribution in [1.82, 2.24) is 0 Å². The minimum atomic E-state index is -4.98. The molecule has 0 atom stereocenters. The van der Waals surface area contributed by atoms with Crippen molar-refractivity contribution >= 4 is 0 Å². The number of hydrogen-bond acceptors (Lipinski definition) is 5. The van der Waals surface area contributed by atoms with E-state index >= 15 is 0 Å². The Morgan fingerprint density at radius 2 is 0.968 bits per heavy atom.